The van der Waals surface area contributed by atoms with E-state index in [-0.39, 0.29) is 17.9 Å². The van der Waals surface area contributed by atoms with Crippen molar-refractivity contribution in [1.82, 2.24) is 14.5 Å². The molecule has 0 aliphatic rings. The fraction of sp³-hybridized carbons (Fsp3) is 0.182. The highest BCUT2D eigenvalue weighted by Gasteiger charge is 2.13. The van der Waals surface area contributed by atoms with E-state index in [4.69, 9.17) is 4.74 Å². The predicted octanol–water partition coefficient (Wildman–Crippen LogP) is 4.19. The molecule has 158 valence electrons. The van der Waals surface area contributed by atoms with E-state index in [9.17, 15) is 9.59 Å². The van der Waals surface area contributed by atoms with Crippen LogP contribution in [0.1, 0.15) is 6.42 Å². The lowest BCUT2D eigenvalue weighted by atomic mass is 10.1. The van der Waals surface area contributed by atoms with Crippen LogP contribution in [0.25, 0.3) is 22.2 Å². The van der Waals surface area contributed by atoms with Crippen molar-refractivity contribution in [2.75, 3.05) is 18.2 Å². The zero-order valence-corrected chi connectivity index (χ0v) is 18.6. The molecule has 4 rings (SSSR count). The third kappa shape index (κ3) is 4.62. The lowest BCUT2D eigenvalue weighted by Crippen LogP contribution is -2.20. The van der Waals surface area contributed by atoms with E-state index in [1.165, 1.54) is 27.7 Å². The topological polar surface area (TPSA) is 86.1 Å². The van der Waals surface area contributed by atoms with Gasteiger partial charge in [-0.2, -0.15) is 0 Å². The summed E-state index contributed by atoms with van der Waals surface area (Å²) < 4.78 is 6.89. The molecule has 0 bridgehead atoms. The second-order valence-corrected chi connectivity index (χ2v) is 8.58. The molecular weight excluding hydrogens is 432 g/mol. The number of benzene rings is 2. The van der Waals surface area contributed by atoms with Gasteiger partial charge in [0, 0.05) is 30.2 Å². The molecule has 0 spiro atoms. The number of aromatic nitrogens is 3. The van der Waals surface area contributed by atoms with Crippen molar-refractivity contribution >= 4 is 45.0 Å². The number of amides is 1. The van der Waals surface area contributed by atoms with Gasteiger partial charge >= 0.3 is 0 Å². The standard InChI is InChI=1S/C22H20N4O3S2/c1-26-20(28)15-8-3-5-9-16(15)24-22(26)30-12-11-19(27)25-21-23-17(13-31-21)14-7-4-6-10-18(14)29-2/h3-10,13H,11-12H2,1-2H3,(H,23,25,27). The highest BCUT2D eigenvalue weighted by molar-refractivity contribution is 7.99. The summed E-state index contributed by atoms with van der Waals surface area (Å²) >= 11 is 2.74. The molecule has 0 fully saturated rings. The van der Waals surface area contributed by atoms with E-state index in [1.54, 1.807) is 20.2 Å². The zero-order chi connectivity index (χ0) is 21.8. The van der Waals surface area contributed by atoms with Gasteiger partial charge in [-0.15, -0.1) is 11.3 Å². The Kier molecular flexibility index (Phi) is 6.34. The lowest BCUT2D eigenvalue weighted by Gasteiger charge is -2.08. The molecule has 1 amide bonds. The van der Waals surface area contributed by atoms with Crippen molar-refractivity contribution in [3.63, 3.8) is 0 Å². The summed E-state index contributed by atoms with van der Waals surface area (Å²) in [6.45, 7) is 0. The van der Waals surface area contributed by atoms with Crippen LogP contribution in [0.3, 0.4) is 0 Å². The number of anilines is 1. The van der Waals surface area contributed by atoms with Crippen molar-refractivity contribution in [3.8, 4) is 17.0 Å². The van der Waals surface area contributed by atoms with E-state index < -0.39 is 0 Å². The Balaban J connectivity index is 1.37. The smallest absolute Gasteiger partial charge is 0.261 e. The van der Waals surface area contributed by atoms with Gasteiger partial charge in [0.1, 0.15) is 5.75 Å². The molecule has 4 aromatic rings. The summed E-state index contributed by atoms with van der Waals surface area (Å²) in [5, 5.41) is 6.43. The number of ether oxygens (including phenoxy) is 1. The maximum absolute atomic E-state index is 12.5. The van der Waals surface area contributed by atoms with E-state index in [1.807, 2.05) is 47.8 Å². The normalized spacial score (nSPS) is 10.9. The van der Waals surface area contributed by atoms with Gasteiger partial charge in [-0.25, -0.2) is 9.97 Å². The van der Waals surface area contributed by atoms with Gasteiger partial charge in [-0.3, -0.25) is 14.2 Å². The number of fused-ring (bicyclic) bond motifs is 1. The van der Waals surface area contributed by atoms with Crippen LogP contribution in [0.15, 0.2) is 63.9 Å². The number of carbonyl (C=O) groups excluding carboxylic acids is 1. The Bertz CT molecular complexity index is 1300. The van der Waals surface area contributed by atoms with E-state index in [0.717, 1.165) is 17.0 Å². The maximum atomic E-state index is 12.5. The third-order valence-corrected chi connectivity index (χ3v) is 6.43. The van der Waals surface area contributed by atoms with Gasteiger partial charge in [-0.1, -0.05) is 36.0 Å². The molecule has 0 atom stereocenters. The van der Waals surface area contributed by atoms with Crippen molar-refractivity contribution in [2.24, 2.45) is 7.05 Å². The second-order valence-electron chi connectivity index (χ2n) is 6.66. The Hall–Kier alpha value is -3.17. The van der Waals surface area contributed by atoms with Crippen LogP contribution in [0, 0.1) is 0 Å². The van der Waals surface area contributed by atoms with Crippen LogP contribution in [0.5, 0.6) is 5.75 Å². The minimum Gasteiger partial charge on any atom is -0.496 e. The van der Waals surface area contributed by atoms with Gasteiger partial charge in [0.2, 0.25) is 5.91 Å². The molecule has 0 aliphatic heterocycles. The highest BCUT2D eigenvalue weighted by Crippen LogP contribution is 2.32. The number of thiazole rings is 1. The fourth-order valence-corrected chi connectivity index (χ4v) is 4.69. The fourth-order valence-electron chi connectivity index (χ4n) is 3.05. The summed E-state index contributed by atoms with van der Waals surface area (Å²) in [6, 6.07) is 14.9. The molecule has 0 unspecified atom stereocenters. The molecule has 7 nitrogen and oxygen atoms in total. The van der Waals surface area contributed by atoms with Gasteiger partial charge < -0.3 is 10.1 Å². The highest BCUT2D eigenvalue weighted by atomic mass is 32.2. The Morgan fingerprint density at radius 1 is 1.16 bits per heavy atom. The average molecular weight is 453 g/mol. The number of hydrogen-bond donors (Lipinski definition) is 1. The quantitative estimate of drug-likeness (QED) is 0.334. The molecule has 0 saturated carbocycles. The van der Waals surface area contributed by atoms with Crippen molar-refractivity contribution in [2.45, 2.75) is 11.6 Å². The minimum absolute atomic E-state index is 0.0933. The maximum Gasteiger partial charge on any atom is 0.261 e. The number of rotatable bonds is 7. The molecule has 9 heteroatoms. The monoisotopic (exact) mass is 452 g/mol. The Morgan fingerprint density at radius 3 is 2.77 bits per heavy atom. The summed E-state index contributed by atoms with van der Waals surface area (Å²) in [5.41, 5.74) is 2.19. The van der Waals surface area contributed by atoms with E-state index >= 15 is 0 Å². The summed E-state index contributed by atoms with van der Waals surface area (Å²) in [7, 11) is 3.31. The molecule has 0 aliphatic carbocycles. The van der Waals surface area contributed by atoms with E-state index in [0.29, 0.717) is 26.9 Å². The molecule has 2 aromatic heterocycles. The van der Waals surface area contributed by atoms with Crippen LogP contribution in [0.2, 0.25) is 0 Å². The lowest BCUT2D eigenvalue weighted by molar-refractivity contribution is -0.115. The number of nitrogens with one attached hydrogen (secondary N) is 1. The van der Waals surface area contributed by atoms with Crippen LogP contribution in [-0.4, -0.2) is 33.3 Å². The molecule has 31 heavy (non-hydrogen) atoms. The Morgan fingerprint density at radius 2 is 1.94 bits per heavy atom. The number of carbonyl (C=O) groups is 1. The zero-order valence-electron chi connectivity index (χ0n) is 17.0. The van der Waals surface area contributed by atoms with Gasteiger partial charge in [0.05, 0.1) is 23.7 Å². The van der Waals surface area contributed by atoms with Gasteiger partial charge in [0.15, 0.2) is 10.3 Å². The molecule has 2 heterocycles. The van der Waals surface area contributed by atoms with Gasteiger partial charge in [0.25, 0.3) is 5.56 Å². The first-order valence-corrected chi connectivity index (χ1v) is 11.4. The number of thioether (sulfide) groups is 1. The predicted molar refractivity (Wildman–Crippen MR) is 125 cm³/mol. The summed E-state index contributed by atoms with van der Waals surface area (Å²) in [4.78, 5) is 33.9. The number of nitrogens with zero attached hydrogens (tertiary/aromatic N) is 3. The van der Waals surface area contributed by atoms with Gasteiger partial charge in [-0.05, 0) is 24.3 Å². The average Bonchev–Trinajstić information content (AvgIpc) is 3.25. The number of para-hydroxylation sites is 2. The molecule has 0 saturated heterocycles. The molecule has 0 radical (unpaired) electrons. The summed E-state index contributed by atoms with van der Waals surface area (Å²) in [6.07, 6.45) is 0.275. The minimum atomic E-state index is -0.140. The van der Waals surface area contributed by atoms with Crippen LogP contribution < -0.4 is 15.6 Å². The van der Waals surface area contributed by atoms with Crippen LogP contribution >= 0.6 is 23.1 Å². The first kappa shape index (κ1) is 21.1. The number of methoxy groups -OCH3 is 1. The van der Waals surface area contributed by atoms with E-state index in [2.05, 4.69) is 15.3 Å². The third-order valence-electron chi connectivity index (χ3n) is 4.64. The van der Waals surface area contributed by atoms with Crippen molar-refractivity contribution < 1.29 is 9.53 Å². The van der Waals surface area contributed by atoms with Crippen LogP contribution in [-0.2, 0) is 11.8 Å². The van der Waals surface area contributed by atoms with Crippen LogP contribution in [0.4, 0.5) is 5.13 Å². The first-order chi connectivity index (χ1) is 15.1. The van der Waals surface area contributed by atoms with Crippen molar-refractivity contribution in [1.29, 1.82) is 0 Å². The molecular formula is C22H20N4O3S2. The first-order valence-electron chi connectivity index (χ1n) is 9.54. The Labute approximate surface area is 187 Å². The van der Waals surface area contributed by atoms with Crippen molar-refractivity contribution in [3.05, 3.63) is 64.3 Å². The molecule has 2 aromatic carbocycles. The second kappa shape index (κ2) is 9.32. The number of hydrogen-bond acceptors (Lipinski definition) is 7. The summed E-state index contributed by atoms with van der Waals surface area (Å²) in [5.74, 6) is 1.09. The molecule has 1 N–H and O–H groups in total. The largest absolute Gasteiger partial charge is 0.496 e. The SMILES string of the molecule is COc1ccccc1-c1csc(NC(=O)CCSc2nc3ccccc3c(=O)n2C)n1.